The van der Waals surface area contributed by atoms with Crippen LogP contribution in [0, 0.1) is 5.92 Å². The number of rotatable bonds is 2. The third-order valence-corrected chi connectivity index (χ3v) is 5.34. The number of H-pyrrole nitrogens is 1. The fraction of sp³-hybridized carbons (Fsp3) is 0.412. The second-order valence-electron chi connectivity index (χ2n) is 6.85. The molecule has 5 rings (SSSR count). The number of piperidine rings is 1. The van der Waals surface area contributed by atoms with E-state index in [1.807, 2.05) is 30.2 Å². The maximum atomic E-state index is 4.42. The summed E-state index contributed by atoms with van der Waals surface area (Å²) in [4.78, 5) is 7.89. The molecule has 0 amide bonds. The molecule has 2 aliphatic heterocycles. The molecule has 4 unspecified atom stereocenters. The van der Waals surface area contributed by atoms with Crippen LogP contribution in [0.3, 0.4) is 0 Å². The standard InChI is InChI=1S/C17H21N7/c1-24-9-11(7-20-24)13-6-12-15(8-19-13)22-23-16(12)14-5-10-3-2-4-18-17(10)21-14/h2-5,7,9,12-13,15-16,19,22-23H,6,8H2,1H3,(H,18,21). The molecule has 3 aromatic heterocycles. The van der Waals surface area contributed by atoms with Gasteiger partial charge in [0.05, 0.1) is 12.2 Å². The molecule has 0 saturated carbocycles. The molecule has 0 radical (unpaired) electrons. The summed E-state index contributed by atoms with van der Waals surface area (Å²) in [5, 5.41) is 9.12. The molecular weight excluding hydrogens is 302 g/mol. The fourth-order valence-corrected chi connectivity index (χ4v) is 4.10. The molecule has 2 saturated heterocycles. The van der Waals surface area contributed by atoms with Gasteiger partial charge < -0.3 is 10.3 Å². The van der Waals surface area contributed by atoms with Crippen molar-refractivity contribution >= 4 is 11.0 Å². The first-order chi connectivity index (χ1) is 11.8. The summed E-state index contributed by atoms with van der Waals surface area (Å²) in [6, 6.07) is 7.35. The number of hydrazine groups is 1. The summed E-state index contributed by atoms with van der Waals surface area (Å²) < 4.78 is 1.87. The molecule has 124 valence electrons. The van der Waals surface area contributed by atoms with E-state index in [0.717, 1.165) is 24.0 Å². The highest BCUT2D eigenvalue weighted by atomic mass is 15.4. The van der Waals surface area contributed by atoms with Crippen LogP contribution in [0.15, 0.2) is 36.8 Å². The van der Waals surface area contributed by atoms with Crippen molar-refractivity contribution in [1.82, 2.24) is 35.9 Å². The summed E-state index contributed by atoms with van der Waals surface area (Å²) in [5.41, 5.74) is 10.4. The first kappa shape index (κ1) is 14.2. The smallest absolute Gasteiger partial charge is 0.137 e. The summed E-state index contributed by atoms with van der Waals surface area (Å²) in [5.74, 6) is 0.518. The van der Waals surface area contributed by atoms with Crippen LogP contribution in [-0.2, 0) is 7.05 Å². The molecule has 5 heterocycles. The molecule has 0 aromatic carbocycles. The highest BCUT2D eigenvalue weighted by molar-refractivity contribution is 5.76. The number of hydrogen-bond acceptors (Lipinski definition) is 5. The molecule has 3 aromatic rings. The van der Waals surface area contributed by atoms with Crippen LogP contribution in [0.1, 0.15) is 29.8 Å². The zero-order valence-electron chi connectivity index (χ0n) is 13.5. The van der Waals surface area contributed by atoms with Gasteiger partial charge in [0.25, 0.3) is 0 Å². The molecule has 4 atom stereocenters. The molecule has 0 bridgehead atoms. The van der Waals surface area contributed by atoms with Crippen molar-refractivity contribution in [3.05, 3.63) is 48.0 Å². The van der Waals surface area contributed by atoms with Gasteiger partial charge in [0.1, 0.15) is 5.65 Å². The molecule has 0 spiro atoms. The number of pyridine rings is 1. The van der Waals surface area contributed by atoms with Gasteiger partial charge in [-0.2, -0.15) is 5.10 Å². The van der Waals surface area contributed by atoms with Gasteiger partial charge in [0.2, 0.25) is 0 Å². The van der Waals surface area contributed by atoms with Crippen LogP contribution in [0.2, 0.25) is 0 Å². The van der Waals surface area contributed by atoms with Crippen LogP contribution in [0.25, 0.3) is 11.0 Å². The molecule has 2 aliphatic rings. The SMILES string of the molecule is Cn1cc(C2CC3C(CN2)NNC3c2cc3cccnc3[nH]2)cn1. The minimum Gasteiger partial charge on any atom is -0.342 e. The Morgan fingerprint density at radius 3 is 3.08 bits per heavy atom. The summed E-state index contributed by atoms with van der Waals surface area (Å²) in [6.07, 6.45) is 6.98. The van der Waals surface area contributed by atoms with E-state index in [0.29, 0.717) is 18.0 Å². The molecule has 4 N–H and O–H groups in total. The van der Waals surface area contributed by atoms with Crippen molar-refractivity contribution in [2.45, 2.75) is 24.5 Å². The van der Waals surface area contributed by atoms with E-state index < -0.39 is 0 Å². The van der Waals surface area contributed by atoms with Gasteiger partial charge in [-0.05, 0) is 24.6 Å². The number of aromatic amines is 1. The zero-order valence-corrected chi connectivity index (χ0v) is 13.5. The highest BCUT2D eigenvalue weighted by Gasteiger charge is 2.42. The maximum absolute atomic E-state index is 4.42. The first-order valence-corrected chi connectivity index (χ1v) is 8.44. The summed E-state index contributed by atoms with van der Waals surface area (Å²) in [7, 11) is 1.97. The van der Waals surface area contributed by atoms with E-state index in [-0.39, 0.29) is 6.04 Å². The Hall–Kier alpha value is -2.22. The van der Waals surface area contributed by atoms with Gasteiger partial charge in [-0.3, -0.25) is 10.1 Å². The van der Waals surface area contributed by atoms with Crippen molar-refractivity contribution < 1.29 is 0 Å². The van der Waals surface area contributed by atoms with Crippen LogP contribution < -0.4 is 16.2 Å². The van der Waals surface area contributed by atoms with Crippen LogP contribution >= 0.6 is 0 Å². The number of fused-ring (bicyclic) bond motifs is 2. The molecule has 0 aliphatic carbocycles. The van der Waals surface area contributed by atoms with Gasteiger partial charge in [0, 0.05) is 60.6 Å². The van der Waals surface area contributed by atoms with Gasteiger partial charge in [-0.1, -0.05) is 0 Å². The van der Waals surface area contributed by atoms with Crippen LogP contribution in [0.5, 0.6) is 0 Å². The minimum absolute atomic E-state index is 0.269. The average molecular weight is 323 g/mol. The van der Waals surface area contributed by atoms with E-state index in [2.05, 4.69) is 49.6 Å². The topological polar surface area (TPSA) is 82.6 Å². The van der Waals surface area contributed by atoms with Crippen molar-refractivity contribution in [2.24, 2.45) is 13.0 Å². The summed E-state index contributed by atoms with van der Waals surface area (Å²) in [6.45, 7) is 0.951. The molecular formula is C17H21N7. The Morgan fingerprint density at radius 2 is 2.25 bits per heavy atom. The number of hydrogen-bond donors (Lipinski definition) is 4. The molecule has 24 heavy (non-hydrogen) atoms. The summed E-state index contributed by atoms with van der Waals surface area (Å²) >= 11 is 0. The Bertz CT molecular complexity index is 834. The lowest BCUT2D eigenvalue weighted by atomic mass is 9.82. The third kappa shape index (κ3) is 2.24. The van der Waals surface area contributed by atoms with Crippen LogP contribution in [-0.4, -0.2) is 32.3 Å². The number of nitrogens with one attached hydrogen (secondary N) is 4. The van der Waals surface area contributed by atoms with Gasteiger partial charge >= 0.3 is 0 Å². The number of nitrogens with zero attached hydrogens (tertiary/aromatic N) is 3. The zero-order chi connectivity index (χ0) is 16.1. The van der Waals surface area contributed by atoms with Crippen molar-refractivity contribution in [3.8, 4) is 0 Å². The number of aromatic nitrogens is 4. The normalized spacial score (nSPS) is 29.9. The van der Waals surface area contributed by atoms with Gasteiger partial charge in [-0.25, -0.2) is 10.4 Å². The van der Waals surface area contributed by atoms with E-state index in [1.165, 1.54) is 11.3 Å². The largest absolute Gasteiger partial charge is 0.342 e. The Balaban J connectivity index is 1.43. The van der Waals surface area contributed by atoms with E-state index in [1.54, 1.807) is 0 Å². The fourth-order valence-electron chi connectivity index (χ4n) is 4.10. The van der Waals surface area contributed by atoms with E-state index in [4.69, 9.17) is 0 Å². The van der Waals surface area contributed by atoms with Crippen molar-refractivity contribution in [3.63, 3.8) is 0 Å². The van der Waals surface area contributed by atoms with Crippen molar-refractivity contribution in [2.75, 3.05) is 6.54 Å². The third-order valence-electron chi connectivity index (χ3n) is 5.34. The van der Waals surface area contributed by atoms with Gasteiger partial charge in [-0.15, -0.1) is 0 Å². The van der Waals surface area contributed by atoms with E-state index >= 15 is 0 Å². The molecule has 7 heteroatoms. The highest BCUT2D eigenvalue weighted by Crippen LogP contribution is 2.38. The maximum Gasteiger partial charge on any atom is 0.137 e. The molecule has 7 nitrogen and oxygen atoms in total. The molecule has 2 fully saturated rings. The quantitative estimate of drug-likeness (QED) is 0.569. The van der Waals surface area contributed by atoms with Gasteiger partial charge in [0.15, 0.2) is 0 Å². The lowest BCUT2D eigenvalue weighted by Crippen LogP contribution is -2.46. The Kier molecular flexibility index (Phi) is 3.19. The predicted octanol–water partition coefficient (Wildman–Crippen LogP) is 1.16. The monoisotopic (exact) mass is 323 g/mol. The average Bonchev–Trinajstić information content (AvgIpc) is 3.30. The Morgan fingerprint density at radius 1 is 1.29 bits per heavy atom. The second kappa shape index (κ2) is 5.41. The Labute approximate surface area is 139 Å². The second-order valence-corrected chi connectivity index (χ2v) is 6.85. The first-order valence-electron chi connectivity index (χ1n) is 8.44. The van der Waals surface area contributed by atoms with Crippen LogP contribution in [0.4, 0.5) is 0 Å². The van der Waals surface area contributed by atoms with E-state index in [9.17, 15) is 0 Å². The number of aryl methyl sites for hydroxylation is 1. The minimum atomic E-state index is 0.269. The lowest BCUT2D eigenvalue weighted by molar-refractivity contribution is 0.265. The predicted molar refractivity (Wildman–Crippen MR) is 91.0 cm³/mol. The van der Waals surface area contributed by atoms with Crippen molar-refractivity contribution in [1.29, 1.82) is 0 Å². The lowest BCUT2D eigenvalue weighted by Gasteiger charge is -2.33.